The minimum atomic E-state index is -4.55. The number of fused-ring (bicyclic) bond motifs is 2. The van der Waals surface area contributed by atoms with E-state index in [1.165, 1.54) is 24.1 Å². The number of hydrogen-bond donors (Lipinski definition) is 0. The molecule has 1 aromatic heterocycles. The van der Waals surface area contributed by atoms with Gasteiger partial charge in [-0.3, -0.25) is 9.59 Å². The van der Waals surface area contributed by atoms with Gasteiger partial charge in [-0.1, -0.05) is 12.1 Å². The molecule has 3 aromatic rings. The van der Waals surface area contributed by atoms with Gasteiger partial charge in [0.2, 0.25) is 11.2 Å². The molecular formula is C25H20ClF3N4O2. The molecule has 1 aliphatic heterocycles. The van der Waals surface area contributed by atoms with Gasteiger partial charge in [-0.05, 0) is 67.3 Å². The van der Waals surface area contributed by atoms with Gasteiger partial charge in [0.1, 0.15) is 0 Å². The zero-order valence-electron chi connectivity index (χ0n) is 18.9. The summed E-state index contributed by atoms with van der Waals surface area (Å²) in [4.78, 5) is 37.9. The number of amides is 2. The summed E-state index contributed by atoms with van der Waals surface area (Å²) in [6.07, 6.45) is -1.60. The lowest BCUT2D eigenvalue weighted by Gasteiger charge is -2.35. The van der Waals surface area contributed by atoms with Crippen molar-refractivity contribution in [1.29, 1.82) is 0 Å². The Kier molecular flexibility index (Phi) is 5.36. The zero-order valence-corrected chi connectivity index (χ0v) is 19.6. The summed E-state index contributed by atoms with van der Waals surface area (Å²) in [6, 6.07) is 9.49. The lowest BCUT2D eigenvalue weighted by Crippen LogP contribution is -2.45. The molecule has 0 unspecified atom stereocenters. The molecule has 0 bridgehead atoms. The number of halogens is 4. The maximum absolute atomic E-state index is 13.5. The second kappa shape index (κ2) is 8.05. The third-order valence-corrected chi connectivity index (χ3v) is 6.82. The van der Waals surface area contributed by atoms with Crippen molar-refractivity contribution in [2.45, 2.75) is 37.9 Å². The van der Waals surface area contributed by atoms with Gasteiger partial charge < -0.3 is 9.80 Å². The van der Waals surface area contributed by atoms with Crippen LogP contribution in [0, 0.1) is 6.92 Å². The van der Waals surface area contributed by atoms with Crippen molar-refractivity contribution in [3.05, 3.63) is 81.9 Å². The number of carbonyl (C=O) groups excluding carboxylic acids is 2. The topological polar surface area (TPSA) is 66.4 Å². The highest BCUT2D eigenvalue weighted by atomic mass is 35.5. The fourth-order valence-corrected chi connectivity index (χ4v) is 4.66. The average Bonchev–Trinajstić information content (AvgIpc) is 3.63. The molecule has 0 N–H and O–H groups in total. The van der Waals surface area contributed by atoms with Crippen LogP contribution in [0.15, 0.2) is 48.7 Å². The monoisotopic (exact) mass is 500 g/mol. The second-order valence-electron chi connectivity index (χ2n) is 8.90. The maximum atomic E-state index is 13.5. The van der Waals surface area contributed by atoms with Crippen molar-refractivity contribution in [3.63, 3.8) is 0 Å². The highest BCUT2D eigenvalue weighted by Gasteiger charge is 2.58. The van der Waals surface area contributed by atoms with Crippen LogP contribution in [0.1, 0.15) is 45.6 Å². The number of anilines is 2. The Hall–Kier alpha value is -3.46. The number of aromatic nitrogens is 2. The largest absolute Gasteiger partial charge is 0.416 e. The molecule has 35 heavy (non-hydrogen) atoms. The van der Waals surface area contributed by atoms with E-state index < -0.39 is 23.1 Å². The molecular weight excluding hydrogens is 481 g/mol. The van der Waals surface area contributed by atoms with E-state index >= 15 is 0 Å². The Balaban J connectivity index is 1.49. The third-order valence-electron chi connectivity index (χ3n) is 6.63. The number of benzene rings is 2. The molecule has 0 saturated heterocycles. The van der Waals surface area contributed by atoms with Crippen molar-refractivity contribution < 1.29 is 22.8 Å². The van der Waals surface area contributed by atoms with E-state index in [9.17, 15) is 22.8 Å². The molecule has 5 rings (SSSR count). The SMILES string of the molecule is Cc1ccc(N(C)C(=O)c2cccc(C(F)(F)F)c2)cc1N1Cc2cnc(Cl)nc2C2(CC2)C1=O. The summed E-state index contributed by atoms with van der Waals surface area (Å²) >= 11 is 5.98. The molecule has 0 atom stereocenters. The Morgan fingerprint density at radius 1 is 1.17 bits per heavy atom. The van der Waals surface area contributed by atoms with Gasteiger partial charge in [-0.2, -0.15) is 13.2 Å². The highest BCUT2D eigenvalue weighted by Crippen LogP contribution is 2.53. The first-order valence-electron chi connectivity index (χ1n) is 10.9. The van der Waals surface area contributed by atoms with Crippen LogP contribution in [0.4, 0.5) is 24.5 Å². The molecule has 2 heterocycles. The molecule has 180 valence electrons. The van der Waals surface area contributed by atoms with Gasteiger partial charge in [0.05, 0.1) is 23.2 Å². The van der Waals surface area contributed by atoms with Crippen LogP contribution >= 0.6 is 11.6 Å². The van der Waals surface area contributed by atoms with E-state index in [1.54, 1.807) is 29.3 Å². The Morgan fingerprint density at radius 3 is 2.60 bits per heavy atom. The summed E-state index contributed by atoms with van der Waals surface area (Å²) < 4.78 is 39.3. The number of rotatable bonds is 3. The summed E-state index contributed by atoms with van der Waals surface area (Å²) in [5.74, 6) is -0.685. The first-order chi connectivity index (χ1) is 16.5. The van der Waals surface area contributed by atoms with Gasteiger partial charge >= 0.3 is 6.18 Å². The quantitative estimate of drug-likeness (QED) is 0.457. The number of hydrogen-bond acceptors (Lipinski definition) is 4. The Morgan fingerprint density at radius 2 is 1.91 bits per heavy atom. The summed E-state index contributed by atoms with van der Waals surface area (Å²) in [5.41, 5.74) is 1.66. The van der Waals surface area contributed by atoms with Crippen molar-refractivity contribution in [3.8, 4) is 0 Å². The number of carbonyl (C=O) groups is 2. The average molecular weight is 501 g/mol. The van der Waals surface area contributed by atoms with E-state index in [0.29, 0.717) is 29.9 Å². The first-order valence-corrected chi connectivity index (χ1v) is 11.3. The minimum Gasteiger partial charge on any atom is -0.311 e. The van der Waals surface area contributed by atoms with E-state index in [1.807, 2.05) is 6.92 Å². The molecule has 6 nitrogen and oxygen atoms in total. The third kappa shape index (κ3) is 3.93. The van der Waals surface area contributed by atoms with Crippen molar-refractivity contribution in [1.82, 2.24) is 9.97 Å². The fraction of sp³-hybridized carbons (Fsp3) is 0.280. The van der Waals surface area contributed by atoms with Crippen LogP contribution in [-0.2, 0) is 22.9 Å². The molecule has 0 radical (unpaired) electrons. The van der Waals surface area contributed by atoms with Gasteiger partial charge in [0.15, 0.2) is 0 Å². The smallest absolute Gasteiger partial charge is 0.311 e. The van der Waals surface area contributed by atoms with Crippen molar-refractivity contribution in [2.24, 2.45) is 0 Å². The van der Waals surface area contributed by atoms with E-state index in [-0.39, 0.29) is 23.3 Å². The summed E-state index contributed by atoms with van der Waals surface area (Å²) in [5, 5.41) is 0.101. The normalized spacial score (nSPS) is 16.3. The van der Waals surface area contributed by atoms with Crippen LogP contribution < -0.4 is 9.80 Å². The Bertz CT molecular complexity index is 1370. The molecule has 1 aliphatic carbocycles. The minimum absolute atomic E-state index is 0.0848. The Labute approximate surface area is 204 Å². The van der Waals surface area contributed by atoms with E-state index in [4.69, 9.17) is 11.6 Å². The lowest BCUT2D eigenvalue weighted by molar-refractivity contribution is -0.137. The first kappa shape index (κ1) is 23.3. The second-order valence-corrected chi connectivity index (χ2v) is 9.24. The zero-order chi connectivity index (χ0) is 25.1. The molecule has 1 spiro atoms. The number of alkyl halides is 3. The maximum Gasteiger partial charge on any atom is 0.416 e. The molecule has 2 aromatic carbocycles. The molecule has 2 aliphatic rings. The molecule has 1 fully saturated rings. The van der Waals surface area contributed by atoms with Crippen LogP contribution in [0.5, 0.6) is 0 Å². The predicted molar refractivity (Wildman–Crippen MR) is 125 cm³/mol. The van der Waals surface area contributed by atoms with Gasteiger partial charge in [-0.15, -0.1) is 0 Å². The summed E-state index contributed by atoms with van der Waals surface area (Å²) in [7, 11) is 1.49. The lowest BCUT2D eigenvalue weighted by atomic mass is 9.91. The van der Waals surface area contributed by atoms with Crippen LogP contribution in [-0.4, -0.2) is 28.8 Å². The van der Waals surface area contributed by atoms with Crippen molar-refractivity contribution >= 4 is 34.8 Å². The highest BCUT2D eigenvalue weighted by molar-refractivity contribution is 6.28. The standard InChI is InChI=1S/C25H20ClF3N4O2/c1-14-6-7-18(32(2)21(34)15-4-3-5-17(10-15)25(27,28)29)11-19(14)33-13-16-12-30-23(26)31-20(16)24(8-9-24)22(33)35/h3-7,10-12H,8-9,13H2,1-2H3. The molecule has 1 saturated carbocycles. The summed E-state index contributed by atoms with van der Waals surface area (Å²) in [6.45, 7) is 2.11. The number of nitrogens with zero attached hydrogens (tertiary/aromatic N) is 4. The van der Waals surface area contributed by atoms with Gasteiger partial charge in [0.25, 0.3) is 5.91 Å². The van der Waals surface area contributed by atoms with Crippen LogP contribution in [0.3, 0.4) is 0 Å². The van der Waals surface area contributed by atoms with Crippen LogP contribution in [0.2, 0.25) is 5.28 Å². The number of aryl methyl sites for hydroxylation is 1. The van der Waals surface area contributed by atoms with E-state index in [0.717, 1.165) is 23.3 Å². The molecule has 2 amide bonds. The van der Waals surface area contributed by atoms with Gasteiger partial charge in [-0.25, -0.2) is 9.97 Å². The van der Waals surface area contributed by atoms with E-state index in [2.05, 4.69) is 9.97 Å². The van der Waals surface area contributed by atoms with Crippen molar-refractivity contribution in [2.75, 3.05) is 16.8 Å². The fourth-order valence-electron chi connectivity index (χ4n) is 4.52. The van der Waals surface area contributed by atoms with Gasteiger partial charge in [0, 0.05) is 35.7 Å². The molecule has 10 heteroatoms. The predicted octanol–water partition coefficient (Wildman–Crippen LogP) is 5.31. The van der Waals surface area contributed by atoms with Crippen LogP contribution in [0.25, 0.3) is 0 Å².